The highest BCUT2D eigenvalue weighted by atomic mass is 19.1. The van der Waals surface area contributed by atoms with Gasteiger partial charge in [-0.3, -0.25) is 4.99 Å². The summed E-state index contributed by atoms with van der Waals surface area (Å²) < 4.78 is 27.3. The molecule has 0 aliphatic carbocycles. The van der Waals surface area contributed by atoms with Crippen molar-refractivity contribution in [2.45, 2.75) is 0 Å². The average molecular weight is 273 g/mol. The zero-order valence-corrected chi connectivity index (χ0v) is 10.7. The topological polar surface area (TPSA) is 36.4 Å². The molecule has 20 heavy (non-hydrogen) atoms. The van der Waals surface area contributed by atoms with Crippen LogP contribution in [-0.2, 0) is 0 Å². The van der Waals surface area contributed by atoms with Gasteiger partial charge >= 0.3 is 0 Å². The Balaban J connectivity index is 2.02. The lowest BCUT2D eigenvalue weighted by atomic mass is 10.0. The molecule has 2 aromatic carbocycles. The Kier molecular flexibility index (Phi) is 3.33. The summed E-state index contributed by atoms with van der Waals surface area (Å²) in [5, 5.41) is 6.19. The van der Waals surface area contributed by atoms with Crippen LogP contribution in [0.5, 0.6) is 0 Å². The van der Waals surface area contributed by atoms with Crippen molar-refractivity contribution in [2.75, 3.05) is 18.4 Å². The van der Waals surface area contributed by atoms with Crippen LogP contribution in [0, 0.1) is 11.6 Å². The molecule has 1 heterocycles. The maximum atomic E-state index is 13.9. The standard InChI is InChI=1S/C15H13F2N3/c16-10-5-6-13(17)12(9-10)11-3-1-2-4-14(11)20-15-18-7-8-19-15/h1-6,9H,7-8H2,(H2,18,19,20). The minimum atomic E-state index is -0.465. The molecule has 0 saturated carbocycles. The molecule has 0 radical (unpaired) electrons. The molecule has 1 aliphatic rings. The third-order valence-corrected chi connectivity index (χ3v) is 3.07. The van der Waals surface area contributed by atoms with Crippen molar-refractivity contribution in [3.63, 3.8) is 0 Å². The van der Waals surface area contributed by atoms with Crippen LogP contribution in [0.4, 0.5) is 14.5 Å². The molecule has 5 heteroatoms. The Morgan fingerprint density at radius 1 is 1.05 bits per heavy atom. The molecular weight excluding hydrogens is 260 g/mol. The number of aliphatic imine (C=N–C) groups is 1. The molecule has 2 aromatic rings. The second-order valence-electron chi connectivity index (χ2n) is 4.45. The fraction of sp³-hybridized carbons (Fsp3) is 0.133. The van der Waals surface area contributed by atoms with Gasteiger partial charge in [-0.25, -0.2) is 8.78 Å². The van der Waals surface area contributed by atoms with E-state index in [1.54, 1.807) is 12.1 Å². The first-order valence-electron chi connectivity index (χ1n) is 6.34. The first-order chi connectivity index (χ1) is 9.74. The minimum Gasteiger partial charge on any atom is -0.354 e. The van der Waals surface area contributed by atoms with E-state index in [1.165, 1.54) is 6.07 Å². The van der Waals surface area contributed by atoms with Crippen LogP contribution in [0.3, 0.4) is 0 Å². The lowest BCUT2D eigenvalue weighted by Gasteiger charge is -2.13. The third-order valence-electron chi connectivity index (χ3n) is 3.07. The van der Waals surface area contributed by atoms with Crippen molar-refractivity contribution < 1.29 is 8.78 Å². The minimum absolute atomic E-state index is 0.228. The fourth-order valence-corrected chi connectivity index (χ4v) is 2.14. The summed E-state index contributed by atoms with van der Waals surface area (Å²) in [4.78, 5) is 4.23. The molecule has 3 nitrogen and oxygen atoms in total. The van der Waals surface area contributed by atoms with Gasteiger partial charge in [-0.2, -0.15) is 0 Å². The van der Waals surface area contributed by atoms with E-state index in [0.29, 0.717) is 23.8 Å². The van der Waals surface area contributed by atoms with Crippen molar-refractivity contribution in [3.8, 4) is 11.1 Å². The summed E-state index contributed by atoms with van der Waals surface area (Å²) in [6.07, 6.45) is 0. The Bertz CT molecular complexity index is 668. The van der Waals surface area contributed by atoms with Gasteiger partial charge in [-0.05, 0) is 24.3 Å². The molecule has 102 valence electrons. The lowest BCUT2D eigenvalue weighted by molar-refractivity contribution is 0.603. The highest BCUT2D eigenvalue weighted by molar-refractivity contribution is 5.98. The maximum absolute atomic E-state index is 13.9. The van der Waals surface area contributed by atoms with Crippen LogP contribution in [0.2, 0.25) is 0 Å². The number of anilines is 1. The molecule has 3 rings (SSSR count). The van der Waals surface area contributed by atoms with Crippen LogP contribution < -0.4 is 10.6 Å². The first-order valence-corrected chi connectivity index (χ1v) is 6.34. The maximum Gasteiger partial charge on any atom is 0.195 e. The van der Waals surface area contributed by atoms with Gasteiger partial charge in [0.25, 0.3) is 0 Å². The Morgan fingerprint density at radius 2 is 1.90 bits per heavy atom. The van der Waals surface area contributed by atoms with E-state index < -0.39 is 11.6 Å². The fourth-order valence-electron chi connectivity index (χ4n) is 2.14. The van der Waals surface area contributed by atoms with Crippen molar-refractivity contribution in [1.29, 1.82) is 0 Å². The van der Waals surface area contributed by atoms with Gasteiger partial charge in [-0.15, -0.1) is 0 Å². The number of halogens is 2. The molecule has 0 fully saturated rings. The van der Waals surface area contributed by atoms with E-state index in [4.69, 9.17) is 0 Å². The summed E-state index contributed by atoms with van der Waals surface area (Å²) in [6.45, 7) is 1.48. The number of nitrogens with one attached hydrogen (secondary N) is 2. The third kappa shape index (κ3) is 2.47. The summed E-state index contributed by atoms with van der Waals surface area (Å²) in [5.41, 5.74) is 1.51. The summed E-state index contributed by atoms with van der Waals surface area (Å²) in [6, 6.07) is 10.6. The van der Waals surface area contributed by atoms with Crippen LogP contribution in [0.1, 0.15) is 0 Å². The molecule has 2 N–H and O–H groups in total. The van der Waals surface area contributed by atoms with Gasteiger partial charge < -0.3 is 10.6 Å². The normalized spacial score (nSPS) is 13.8. The number of para-hydroxylation sites is 1. The lowest BCUT2D eigenvalue weighted by Crippen LogP contribution is -2.26. The second kappa shape index (κ2) is 5.28. The molecule has 0 unspecified atom stereocenters. The van der Waals surface area contributed by atoms with E-state index in [2.05, 4.69) is 15.6 Å². The van der Waals surface area contributed by atoms with E-state index in [-0.39, 0.29) is 5.56 Å². The van der Waals surface area contributed by atoms with Gasteiger partial charge in [0.2, 0.25) is 0 Å². The smallest absolute Gasteiger partial charge is 0.195 e. The van der Waals surface area contributed by atoms with Gasteiger partial charge in [0, 0.05) is 23.4 Å². The van der Waals surface area contributed by atoms with Crippen LogP contribution >= 0.6 is 0 Å². The predicted octanol–water partition coefficient (Wildman–Crippen LogP) is 3.00. The molecule has 0 spiro atoms. The molecule has 0 amide bonds. The van der Waals surface area contributed by atoms with Gasteiger partial charge in [0.15, 0.2) is 5.96 Å². The molecule has 0 atom stereocenters. The van der Waals surface area contributed by atoms with Gasteiger partial charge in [0.1, 0.15) is 11.6 Å². The number of hydrogen-bond donors (Lipinski definition) is 2. The quantitative estimate of drug-likeness (QED) is 0.882. The molecule has 0 bridgehead atoms. The predicted molar refractivity (Wildman–Crippen MR) is 75.7 cm³/mol. The Morgan fingerprint density at radius 3 is 2.70 bits per heavy atom. The van der Waals surface area contributed by atoms with Crippen LogP contribution in [-0.4, -0.2) is 19.0 Å². The van der Waals surface area contributed by atoms with Crippen molar-refractivity contribution in [1.82, 2.24) is 5.32 Å². The number of benzene rings is 2. The largest absolute Gasteiger partial charge is 0.354 e. The van der Waals surface area contributed by atoms with Crippen LogP contribution in [0.15, 0.2) is 47.5 Å². The van der Waals surface area contributed by atoms with E-state index in [0.717, 1.165) is 18.7 Å². The number of nitrogens with zero attached hydrogens (tertiary/aromatic N) is 1. The zero-order valence-electron chi connectivity index (χ0n) is 10.7. The Hall–Kier alpha value is -2.43. The first kappa shape index (κ1) is 12.6. The summed E-state index contributed by atoms with van der Waals surface area (Å²) >= 11 is 0. The van der Waals surface area contributed by atoms with Crippen molar-refractivity contribution in [2.24, 2.45) is 4.99 Å². The van der Waals surface area contributed by atoms with Gasteiger partial charge in [-0.1, -0.05) is 18.2 Å². The molecular formula is C15H13F2N3. The zero-order chi connectivity index (χ0) is 13.9. The second-order valence-corrected chi connectivity index (χ2v) is 4.45. The SMILES string of the molecule is Fc1ccc(F)c(-c2ccccc2NC2=NCCN2)c1. The van der Waals surface area contributed by atoms with E-state index in [1.807, 2.05) is 12.1 Å². The van der Waals surface area contributed by atoms with Gasteiger partial charge in [0.05, 0.1) is 6.54 Å². The van der Waals surface area contributed by atoms with E-state index >= 15 is 0 Å². The summed E-state index contributed by atoms with van der Waals surface area (Å²) in [5.74, 6) is -0.274. The van der Waals surface area contributed by atoms with E-state index in [9.17, 15) is 8.78 Å². The average Bonchev–Trinajstić information content (AvgIpc) is 2.95. The molecule has 0 saturated heterocycles. The van der Waals surface area contributed by atoms with Crippen LogP contribution in [0.25, 0.3) is 11.1 Å². The summed E-state index contributed by atoms with van der Waals surface area (Å²) in [7, 11) is 0. The highest BCUT2D eigenvalue weighted by Crippen LogP contribution is 2.30. The molecule has 0 aromatic heterocycles. The molecule has 1 aliphatic heterocycles. The number of guanidine groups is 1. The highest BCUT2D eigenvalue weighted by Gasteiger charge is 2.13. The monoisotopic (exact) mass is 273 g/mol. The van der Waals surface area contributed by atoms with Crippen molar-refractivity contribution in [3.05, 3.63) is 54.1 Å². The van der Waals surface area contributed by atoms with Crippen molar-refractivity contribution >= 4 is 11.6 Å². The number of rotatable bonds is 2. The number of hydrogen-bond acceptors (Lipinski definition) is 3. The Labute approximate surface area is 115 Å².